The van der Waals surface area contributed by atoms with Crippen LogP contribution >= 0.6 is 0 Å². The molecule has 592 valence electrons. The van der Waals surface area contributed by atoms with E-state index in [9.17, 15) is 0 Å². The van der Waals surface area contributed by atoms with Crippen LogP contribution in [-0.2, 0) is 77.5 Å². The Hall–Kier alpha value is -2.87. The quantitative estimate of drug-likeness (QED) is 0.0868. The van der Waals surface area contributed by atoms with Crippen molar-refractivity contribution in [3.05, 3.63) is 256 Å². The van der Waals surface area contributed by atoms with Gasteiger partial charge in [0.1, 0.15) is 0 Å². The van der Waals surface area contributed by atoms with Gasteiger partial charge in [0, 0.05) is 20.3 Å². The van der Waals surface area contributed by atoms with E-state index in [1.54, 1.807) is 0 Å². The molecule has 0 spiro atoms. The summed E-state index contributed by atoms with van der Waals surface area (Å²) in [7, 11) is 6.54. The maximum absolute atomic E-state index is 5.94. The second-order valence-corrected chi connectivity index (χ2v) is 48.5. The van der Waals surface area contributed by atoms with E-state index in [1.165, 1.54) is 103 Å². The molecule has 12 atom stereocenters. The van der Waals surface area contributed by atoms with Gasteiger partial charge < -0.3 is 51.9 Å². The first-order valence-electron chi connectivity index (χ1n) is 39.5. The Morgan fingerprint density at radius 2 is 0.651 bits per heavy atom. The molecule has 5 aliphatic carbocycles. The Morgan fingerprint density at radius 1 is 0.376 bits per heavy atom. The summed E-state index contributed by atoms with van der Waals surface area (Å²) >= 11 is 0. The minimum absolute atomic E-state index is 0. The molecule has 0 radical (unpaired) electrons. The van der Waals surface area contributed by atoms with E-state index < -0.39 is 24.7 Å². The third-order valence-corrected chi connectivity index (χ3v) is 36.3. The van der Waals surface area contributed by atoms with Crippen molar-refractivity contribution in [3.63, 3.8) is 0 Å². The number of benzene rings is 5. The zero-order chi connectivity index (χ0) is 76.2. The molecule has 0 N–H and O–H groups in total. The predicted octanol–water partition coefficient (Wildman–Crippen LogP) is 23.5. The molecular formula is C95H151N8Sc3Si3. The average Bonchev–Trinajstić information content (AvgIpc) is 1.65. The Labute approximate surface area is 732 Å². The number of rotatable bonds is 13. The zero-order valence-corrected chi connectivity index (χ0v) is 82.6. The van der Waals surface area contributed by atoms with E-state index >= 15 is 0 Å². The molecule has 7 aliphatic rings. The van der Waals surface area contributed by atoms with Crippen LogP contribution in [0.1, 0.15) is 156 Å². The number of anilines is 3. The van der Waals surface area contributed by atoms with Crippen LogP contribution in [0.15, 0.2) is 170 Å². The van der Waals surface area contributed by atoms with E-state index in [0.717, 1.165) is 69.3 Å². The number of hydrogen-bond acceptors (Lipinski definition) is 5. The predicted molar refractivity (Wildman–Crippen MR) is 483 cm³/mol. The summed E-state index contributed by atoms with van der Waals surface area (Å²) in [6.45, 7) is 61.4. The molecule has 2 heterocycles. The van der Waals surface area contributed by atoms with Gasteiger partial charge in [0.25, 0.3) is 0 Å². The summed E-state index contributed by atoms with van der Waals surface area (Å²) in [5.41, 5.74) is 11.8. The van der Waals surface area contributed by atoms with Crippen molar-refractivity contribution in [1.29, 1.82) is 0 Å². The molecule has 12 rings (SSSR count). The fraction of sp³-hybridized carbons (Fsp3) is 0.537. The number of nitrogens with zero attached hydrogens (tertiary/aromatic N) is 8. The molecule has 0 aromatic heterocycles. The van der Waals surface area contributed by atoms with Gasteiger partial charge in [-0.1, -0.05) is 316 Å². The van der Waals surface area contributed by atoms with Crippen LogP contribution < -0.4 is 25.1 Å². The van der Waals surface area contributed by atoms with E-state index in [4.69, 9.17) is 14.9 Å². The minimum atomic E-state index is -2.48. The number of aryl methyl sites for hydroxylation is 2. The van der Waals surface area contributed by atoms with E-state index in [-0.39, 0.29) is 116 Å². The van der Waals surface area contributed by atoms with Crippen LogP contribution in [-0.4, -0.2) is 132 Å². The first-order chi connectivity index (χ1) is 48.2. The molecule has 5 fully saturated rings. The Balaban J connectivity index is 0.000000692. The van der Waals surface area contributed by atoms with Crippen LogP contribution in [0.2, 0.25) is 42.8 Å². The number of para-hydroxylation sites is 3. The molecule has 109 heavy (non-hydrogen) atoms. The van der Waals surface area contributed by atoms with Gasteiger partial charge in [0.2, 0.25) is 0 Å². The first kappa shape index (κ1) is 104. The Morgan fingerprint density at radius 3 is 0.936 bits per heavy atom. The summed E-state index contributed by atoms with van der Waals surface area (Å²) in [5, 5.41) is 2.95. The van der Waals surface area contributed by atoms with Crippen LogP contribution in [0.4, 0.5) is 17.1 Å². The molecule has 2 aliphatic heterocycles. The number of allylic oxidation sites excluding steroid dienone is 6. The molecule has 3 saturated carbocycles. The van der Waals surface area contributed by atoms with Crippen molar-refractivity contribution < 1.29 is 77.5 Å². The van der Waals surface area contributed by atoms with Crippen LogP contribution in [0.3, 0.4) is 0 Å². The van der Waals surface area contributed by atoms with Crippen molar-refractivity contribution in [2.24, 2.45) is 47.3 Å². The van der Waals surface area contributed by atoms with E-state index in [0.29, 0.717) is 23.4 Å². The zero-order valence-electron chi connectivity index (χ0n) is 74.2. The molecule has 5 aromatic rings. The van der Waals surface area contributed by atoms with Crippen molar-refractivity contribution in [2.45, 2.75) is 214 Å². The van der Waals surface area contributed by atoms with E-state index in [2.05, 4.69) is 291 Å². The molecule has 2 saturated heterocycles. The molecule has 0 bridgehead atoms. The van der Waals surface area contributed by atoms with Gasteiger partial charge in [0.15, 0.2) is 0 Å². The van der Waals surface area contributed by atoms with Crippen LogP contribution in [0.25, 0.3) is 14.9 Å². The van der Waals surface area contributed by atoms with Gasteiger partial charge in [-0.15, -0.1) is 34.8 Å². The smallest absolute Gasteiger partial charge is 0.660 e. The second kappa shape index (κ2) is 45.6. The molecule has 0 amide bonds. The van der Waals surface area contributed by atoms with Gasteiger partial charge in [-0.2, -0.15) is 55.7 Å². The van der Waals surface area contributed by atoms with Gasteiger partial charge in [-0.05, 0) is 174 Å². The van der Waals surface area contributed by atoms with Crippen LogP contribution in [0, 0.1) is 104 Å². The molecule has 5 aromatic carbocycles. The van der Waals surface area contributed by atoms with Crippen molar-refractivity contribution >= 4 is 52.1 Å². The van der Waals surface area contributed by atoms with E-state index in [1.807, 2.05) is 96.9 Å². The molecular weight excluding hydrogens is 1470 g/mol. The second-order valence-electron chi connectivity index (χ2n) is 36.3. The number of hydrogen-bond donors (Lipinski definition) is 0. The summed E-state index contributed by atoms with van der Waals surface area (Å²) in [6, 6.07) is 44.5. The Kier molecular flexibility index (Phi) is 43.6. The standard InChI is InChI=1S/C31H41N2Si.C19H33N2Si.C15H32NSi.3C9H12N.3CH3.3Sc/c1-23-12-16-25(17-13-23)34(32-31(3,4)5,26-18-14-24(2)15-19-26)30-22-29(33-20-8-9-21-33)27-10-6-7-11-28(27)30;1-19(2,3)20-22(4,5)18-14-17(21-12-8-9-13-21)15-10-6-7-11-16(15)18;1-10-11(2)13(4)14(12(10)3)17(8,9)16-15(5,6)7;3*1-8-6-4-5-7-9(8)10(2)3;;;;;;/h6-7,10-19,27-30H,8-9,20-22H2,1-5H3;6-7,10-11,15-18H,8-9,12-14H2,1-5H3;10-14H,1-9H3;3*4-7H,1H2,2-3H3;3*1H3;;;/q9*-1;3*+3. The van der Waals surface area contributed by atoms with Crippen molar-refractivity contribution in [3.8, 4) is 0 Å². The van der Waals surface area contributed by atoms with Gasteiger partial charge in [-0.25, -0.2) is 0 Å². The fourth-order valence-electron chi connectivity index (χ4n) is 19.2. The maximum atomic E-state index is 5.94. The van der Waals surface area contributed by atoms with Crippen molar-refractivity contribution in [1.82, 2.24) is 9.80 Å². The monoisotopic (exact) mass is 1620 g/mol. The summed E-state index contributed by atoms with van der Waals surface area (Å²) < 4.78 is 0. The van der Waals surface area contributed by atoms with Gasteiger partial charge >= 0.3 is 77.5 Å². The summed E-state index contributed by atoms with van der Waals surface area (Å²) in [6.07, 6.45) is 27.3. The fourth-order valence-corrected chi connectivity index (χ4v) is 33.7. The molecule has 12 unspecified atom stereocenters. The summed E-state index contributed by atoms with van der Waals surface area (Å²) in [4.78, 5) is 28.3. The topological polar surface area (TPSA) is 58.5 Å². The number of fused-ring (bicyclic) bond motifs is 2. The average molecular weight is 1620 g/mol. The maximum Gasteiger partial charge on any atom is 3.00 e. The first-order valence-corrected chi connectivity index (χ1v) is 47.5. The molecule has 8 nitrogen and oxygen atoms in total. The normalized spacial score (nSPS) is 24.6. The van der Waals surface area contributed by atoms with Crippen LogP contribution in [0.5, 0.6) is 0 Å². The third kappa shape index (κ3) is 28.5. The van der Waals surface area contributed by atoms with Crippen molar-refractivity contribution in [2.75, 3.05) is 83.2 Å². The Bertz CT molecular complexity index is 3360. The summed E-state index contributed by atoms with van der Waals surface area (Å²) in [5.74, 6) is 6.01. The van der Waals surface area contributed by atoms with Gasteiger partial charge in [-0.3, -0.25) is 9.80 Å². The van der Waals surface area contributed by atoms with Gasteiger partial charge in [0.05, 0.1) is 0 Å². The largest absolute Gasteiger partial charge is 3.00 e. The molecule has 14 heteroatoms. The SMILES string of the molecule is CC(C)(C)[N-][Si](C)(C)C1CC(N2CCCC2)C2C=CC=CC21.CC1C(C)C(C)C([Si](C)(C)[N-]C(C)(C)C)C1C.Cc1ccc([Si]([N-]C(C)(C)C)(c2ccc(C)cc2)C2CC(N3CCCC3)C3C=CC=CC32)cc1.[CH2-]c1ccccc1N(C)C.[CH2-]c1ccccc1N(C)C.[CH2-]c1ccccc1N(C)C.[CH3-].[CH3-].[CH3-].[Sc+3].[Sc+3].[Sc+3]. The minimum Gasteiger partial charge on any atom is -0.660 e. The third-order valence-electron chi connectivity index (χ3n) is 23.5. The number of likely N-dealkylation sites (tertiary alicyclic amines) is 2.